The van der Waals surface area contributed by atoms with Gasteiger partial charge in [0.15, 0.2) is 11.6 Å². The molecule has 0 aliphatic heterocycles. The number of halogens is 3. The molecule has 4 rings (SSSR count). The Hall–Kier alpha value is -4.21. The number of carbonyl (C=O) groups is 2. The van der Waals surface area contributed by atoms with E-state index in [1.807, 2.05) is 0 Å². The van der Waals surface area contributed by atoms with Crippen LogP contribution in [0.3, 0.4) is 0 Å². The van der Waals surface area contributed by atoms with E-state index in [0.29, 0.717) is 6.07 Å². The molecule has 1 aliphatic carbocycles. The maximum absolute atomic E-state index is 13.4. The summed E-state index contributed by atoms with van der Waals surface area (Å²) in [4.78, 5) is 25.4. The van der Waals surface area contributed by atoms with Crippen LogP contribution in [0, 0.1) is 11.3 Å². The van der Waals surface area contributed by atoms with Gasteiger partial charge in [0.05, 0.1) is 39.7 Å². The van der Waals surface area contributed by atoms with Crippen molar-refractivity contribution in [1.29, 1.82) is 5.26 Å². The number of nitrogens with two attached hydrogens (primary N) is 1. The number of ketones is 2. The van der Waals surface area contributed by atoms with E-state index in [1.54, 1.807) is 0 Å². The summed E-state index contributed by atoms with van der Waals surface area (Å²) in [5.74, 6) is -1.53. The highest BCUT2D eigenvalue weighted by Crippen LogP contribution is 2.41. The van der Waals surface area contributed by atoms with Crippen LogP contribution in [0.25, 0.3) is 0 Å². The van der Waals surface area contributed by atoms with Crippen LogP contribution in [0.5, 0.6) is 0 Å². The van der Waals surface area contributed by atoms with Crippen LogP contribution in [0.15, 0.2) is 53.4 Å². The molecule has 34 heavy (non-hydrogen) atoms. The average Bonchev–Trinajstić information content (AvgIpc) is 2.77. The van der Waals surface area contributed by atoms with Crippen LogP contribution < -0.4 is 11.1 Å². The average molecular weight is 487 g/mol. The summed E-state index contributed by atoms with van der Waals surface area (Å²) in [6.07, 6.45) is -4.88. The number of nitriles is 1. The maximum atomic E-state index is 13.4. The van der Waals surface area contributed by atoms with Gasteiger partial charge in [-0.05, 0) is 24.3 Å². The Labute approximate surface area is 190 Å². The molecular formula is C22H12F3N3O5S. The molecule has 1 aliphatic rings. The Morgan fingerprint density at radius 2 is 1.56 bits per heavy atom. The molecular weight excluding hydrogens is 475 g/mol. The topological polar surface area (TPSA) is 150 Å². The van der Waals surface area contributed by atoms with Crippen molar-refractivity contribution in [2.75, 3.05) is 11.1 Å². The van der Waals surface area contributed by atoms with Gasteiger partial charge in [0, 0.05) is 16.8 Å². The number of rotatable bonds is 3. The number of hydrogen-bond donors (Lipinski definition) is 3. The molecule has 0 unspecified atom stereocenters. The molecule has 0 aromatic heterocycles. The number of nitrogens with one attached hydrogen (secondary N) is 1. The van der Waals surface area contributed by atoms with Crippen molar-refractivity contribution in [3.63, 3.8) is 0 Å². The van der Waals surface area contributed by atoms with Gasteiger partial charge in [0.25, 0.3) is 10.1 Å². The highest BCUT2D eigenvalue weighted by molar-refractivity contribution is 7.86. The van der Waals surface area contributed by atoms with Gasteiger partial charge in [-0.3, -0.25) is 14.1 Å². The molecule has 172 valence electrons. The largest absolute Gasteiger partial charge is 0.417 e. The predicted molar refractivity (Wildman–Crippen MR) is 113 cm³/mol. The second-order valence-electron chi connectivity index (χ2n) is 7.26. The first-order valence-electron chi connectivity index (χ1n) is 9.35. The molecule has 0 heterocycles. The molecule has 0 bridgehead atoms. The summed E-state index contributed by atoms with van der Waals surface area (Å²) < 4.78 is 73.6. The van der Waals surface area contributed by atoms with E-state index in [2.05, 4.69) is 5.32 Å². The lowest BCUT2D eigenvalue weighted by molar-refractivity contribution is -0.137. The minimum absolute atomic E-state index is 0.0159. The number of benzene rings is 3. The maximum Gasteiger partial charge on any atom is 0.417 e. The molecule has 12 heteroatoms. The van der Waals surface area contributed by atoms with E-state index in [0.717, 1.165) is 18.2 Å². The van der Waals surface area contributed by atoms with Crippen LogP contribution in [0.2, 0.25) is 0 Å². The molecule has 0 radical (unpaired) electrons. The Morgan fingerprint density at radius 1 is 0.971 bits per heavy atom. The standard InChI is InChI=1S/C22H12F3N3O5S/c23-22(24,25)14-7-11(6-5-10(14)9-26)28-15-8-16(34(31,32)33)19(27)18-17(15)20(29)12-3-1-2-4-13(12)21(18)30/h1-8,28H,27H2,(H,31,32,33). The Bertz CT molecular complexity index is 1560. The number of alkyl halides is 3. The minimum atomic E-state index is -4.99. The Morgan fingerprint density at radius 3 is 2.09 bits per heavy atom. The zero-order valence-electron chi connectivity index (χ0n) is 16.8. The molecule has 0 saturated carbocycles. The number of anilines is 3. The van der Waals surface area contributed by atoms with Crippen molar-refractivity contribution in [3.8, 4) is 6.07 Å². The van der Waals surface area contributed by atoms with Crippen LogP contribution >= 0.6 is 0 Å². The highest BCUT2D eigenvalue weighted by Gasteiger charge is 2.37. The first-order valence-corrected chi connectivity index (χ1v) is 10.8. The first kappa shape index (κ1) is 23.0. The molecule has 0 spiro atoms. The van der Waals surface area contributed by atoms with Crippen molar-refractivity contribution in [1.82, 2.24) is 0 Å². The molecule has 0 fully saturated rings. The van der Waals surface area contributed by atoms with E-state index >= 15 is 0 Å². The SMILES string of the molecule is N#Cc1ccc(Nc2cc(S(=O)(=O)O)c(N)c3c2C(=O)c2ccccc2C3=O)cc1C(F)(F)F. The monoisotopic (exact) mass is 487 g/mol. The van der Waals surface area contributed by atoms with Crippen molar-refractivity contribution in [2.24, 2.45) is 0 Å². The summed E-state index contributed by atoms with van der Waals surface area (Å²) >= 11 is 0. The molecule has 3 aromatic carbocycles. The zero-order valence-corrected chi connectivity index (χ0v) is 17.6. The van der Waals surface area contributed by atoms with Gasteiger partial charge in [-0.25, -0.2) is 0 Å². The lowest BCUT2D eigenvalue weighted by Gasteiger charge is -2.24. The Balaban J connectivity index is 1.99. The summed E-state index contributed by atoms with van der Waals surface area (Å²) in [5.41, 5.74) is 1.67. The first-order chi connectivity index (χ1) is 15.8. The van der Waals surface area contributed by atoms with E-state index in [9.17, 15) is 35.7 Å². The number of fused-ring (bicyclic) bond motifs is 2. The number of carbonyl (C=O) groups excluding carboxylic acids is 2. The number of hydrogen-bond acceptors (Lipinski definition) is 7. The second kappa shape index (κ2) is 7.68. The molecule has 8 nitrogen and oxygen atoms in total. The quantitative estimate of drug-likeness (QED) is 0.291. The van der Waals surface area contributed by atoms with Crippen molar-refractivity contribution in [3.05, 3.63) is 81.9 Å². The Kier molecular flexibility index (Phi) is 5.19. The van der Waals surface area contributed by atoms with Crippen LogP contribution in [0.1, 0.15) is 43.0 Å². The van der Waals surface area contributed by atoms with Crippen LogP contribution in [-0.2, 0) is 16.3 Å². The molecule has 0 saturated heterocycles. The number of nitrogen functional groups attached to an aromatic ring is 1. The third-order valence-corrected chi connectivity index (χ3v) is 6.10. The van der Waals surface area contributed by atoms with Gasteiger partial charge in [-0.1, -0.05) is 24.3 Å². The van der Waals surface area contributed by atoms with Gasteiger partial charge < -0.3 is 11.1 Å². The van der Waals surface area contributed by atoms with Gasteiger partial charge in [0.1, 0.15) is 4.90 Å². The molecule has 0 atom stereocenters. The van der Waals surface area contributed by atoms with Crippen LogP contribution in [0.4, 0.5) is 30.2 Å². The third-order valence-electron chi connectivity index (χ3n) is 5.20. The lowest BCUT2D eigenvalue weighted by Crippen LogP contribution is -2.25. The summed E-state index contributed by atoms with van der Waals surface area (Å²) in [7, 11) is -4.99. The van der Waals surface area contributed by atoms with Gasteiger partial charge in [0.2, 0.25) is 0 Å². The zero-order chi connectivity index (χ0) is 25.0. The van der Waals surface area contributed by atoms with Gasteiger partial charge in [-0.15, -0.1) is 0 Å². The van der Waals surface area contributed by atoms with Crippen molar-refractivity contribution < 1.29 is 35.7 Å². The molecule has 4 N–H and O–H groups in total. The predicted octanol–water partition coefficient (Wildman–Crippen LogP) is 3.92. The van der Waals surface area contributed by atoms with E-state index < -0.39 is 55.1 Å². The van der Waals surface area contributed by atoms with E-state index in [1.165, 1.54) is 30.3 Å². The normalized spacial score (nSPS) is 13.1. The summed E-state index contributed by atoms with van der Waals surface area (Å²) in [6, 6.07) is 10.4. The highest BCUT2D eigenvalue weighted by atomic mass is 32.2. The fourth-order valence-corrected chi connectivity index (χ4v) is 4.36. The second-order valence-corrected chi connectivity index (χ2v) is 8.65. The van der Waals surface area contributed by atoms with Crippen LogP contribution in [-0.4, -0.2) is 24.5 Å². The molecule has 0 amide bonds. The van der Waals surface area contributed by atoms with E-state index in [4.69, 9.17) is 11.0 Å². The lowest BCUT2D eigenvalue weighted by atomic mass is 9.82. The van der Waals surface area contributed by atoms with E-state index in [-0.39, 0.29) is 28.1 Å². The fourth-order valence-electron chi connectivity index (χ4n) is 3.72. The smallest absolute Gasteiger partial charge is 0.397 e. The van der Waals surface area contributed by atoms with Crippen molar-refractivity contribution in [2.45, 2.75) is 11.1 Å². The van der Waals surface area contributed by atoms with Crippen molar-refractivity contribution >= 4 is 38.7 Å². The fraction of sp³-hybridized carbons (Fsp3) is 0.0455. The third kappa shape index (κ3) is 3.66. The van der Waals surface area contributed by atoms with Gasteiger partial charge in [-0.2, -0.15) is 26.9 Å². The summed E-state index contributed by atoms with van der Waals surface area (Å²) in [6.45, 7) is 0. The molecule has 3 aromatic rings. The minimum Gasteiger partial charge on any atom is -0.397 e. The summed E-state index contributed by atoms with van der Waals surface area (Å²) in [5, 5.41) is 11.5. The van der Waals surface area contributed by atoms with Gasteiger partial charge >= 0.3 is 6.18 Å². The number of nitrogens with zero attached hydrogens (tertiary/aromatic N) is 1.